The molecule has 1 aromatic rings. The summed E-state index contributed by atoms with van der Waals surface area (Å²) in [6.07, 6.45) is 2.35. The summed E-state index contributed by atoms with van der Waals surface area (Å²) < 4.78 is 0. The minimum absolute atomic E-state index is 0.0345. The first-order chi connectivity index (χ1) is 9.70. The Bertz CT molecular complexity index is 519. The third kappa shape index (κ3) is 2.13. The lowest BCUT2D eigenvalue weighted by atomic mass is 10.1. The molecule has 0 spiro atoms. The fraction of sp³-hybridized carbons (Fsp3) is 0.467. The van der Waals surface area contributed by atoms with Gasteiger partial charge < -0.3 is 15.5 Å². The van der Waals surface area contributed by atoms with Crippen molar-refractivity contribution in [3.8, 4) is 0 Å². The van der Waals surface area contributed by atoms with Gasteiger partial charge in [-0.1, -0.05) is 18.2 Å². The van der Waals surface area contributed by atoms with Crippen molar-refractivity contribution in [3.05, 3.63) is 29.8 Å². The number of anilines is 1. The van der Waals surface area contributed by atoms with Crippen molar-refractivity contribution >= 4 is 17.5 Å². The third-order valence-electron chi connectivity index (χ3n) is 4.15. The second-order valence-corrected chi connectivity index (χ2v) is 5.36. The average molecular weight is 273 g/mol. The van der Waals surface area contributed by atoms with E-state index in [2.05, 4.69) is 10.6 Å². The van der Waals surface area contributed by atoms with Crippen LogP contribution in [0.4, 0.5) is 5.69 Å². The normalized spacial score (nSPS) is 24.1. The summed E-state index contributed by atoms with van der Waals surface area (Å²) in [5.41, 5.74) is 2.20. The maximum Gasteiger partial charge on any atom is 0.246 e. The van der Waals surface area contributed by atoms with Gasteiger partial charge in [-0.2, -0.15) is 0 Å². The second kappa shape index (κ2) is 5.15. The Labute approximate surface area is 118 Å². The molecule has 2 N–H and O–H groups in total. The molecule has 1 aromatic carbocycles. The van der Waals surface area contributed by atoms with Gasteiger partial charge in [0.2, 0.25) is 11.8 Å². The Kier molecular flexibility index (Phi) is 3.34. The Hall–Kier alpha value is -2.04. The SMILES string of the molecule is CNC(=O)C1CCCN1C(=O)[C@@H]1Cc2ccccc2N1. The van der Waals surface area contributed by atoms with Crippen molar-refractivity contribution < 1.29 is 9.59 Å². The van der Waals surface area contributed by atoms with Crippen LogP contribution in [0.25, 0.3) is 0 Å². The fourth-order valence-electron chi connectivity index (χ4n) is 3.12. The van der Waals surface area contributed by atoms with Gasteiger partial charge in [-0.25, -0.2) is 0 Å². The summed E-state index contributed by atoms with van der Waals surface area (Å²) in [6.45, 7) is 0.672. The maximum atomic E-state index is 12.6. The molecule has 0 bridgehead atoms. The molecule has 1 fully saturated rings. The van der Waals surface area contributed by atoms with Gasteiger partial charge in [-0.15, -0.1) is 0 Å². The largest absolute Gasteiger partial charge is 0.373 e. The Morgan fingerprint density at radius 3 is 2.90 bits per heavy atom. The number of nitrogens with zero attached hydrogens (tertiary/aromatic N) is 1. The highest BCUT2D eigenvalue weighted by molar-refractivity contribution is 5.92. The number of nitrogens with one attached hydrogen (secondary N) is 2. The molecule has 5 heteroatoms. The molecule has 2 aliphatic heterocycles. The van der Waals surface area contributed by atoms with Gasteiger partial charge >= 0.3 is 0 Å². The summed E-state index contributed by atoms with van der Waals surface area (Å²) in [5, 5.41) is 5.91. The zero-order valence-electron chi connectivity index (χ0n) is 11.6. The number of amides is 2. The van der Waals surface area contributed by atoms with Gasteiger partial charge in [0.1, 0.15) is 12.1 Å². The van der Waals surface area contributed by atoms with E-state index in [-0.39, 0.29) is 23.9 Å². The monoisotopic (exact) mass is 273 g/mol. The number of likely N-dealkylation sites (tertiary alicyclic amines) is 1. The van der Waals surface area contributed by atoms with Gasteiger partial charge in [-0.05, 0) is 24.5 Å². The topological polar surface area (TPSA) is 61.4 Å². The molecule has 3 rings (SSSR count). The second-order valence-electron chi connectivity index (χ2n) is 5.36. The quantitative estimate of drug-likeness (QED) is 0.836. The number of carbonyl (C=O) groups is 2. The van der Waals surface area contributed by atoms with Gasteiger partial charge in [0, 0.05) is 25.7 Å². The van der Waals surface area contributed by atoms with E-state index in [9.17, 15) is 9.59 Å². The van der Waals surface area contributed by atoms with Crippen LogP contribution in [0, 0.1) is 0 Å². The van der Waals surface area contributed by atoms with Crippen molar-refractivity contribution in [1.82, 2.24) is 10.2 Å². The predicted molar refractivity (Wildman–Crippen MR) is 76.4 cm³/mol. The van der Waals surface area contributed by atoms with E-state index < -0.39 is 0 Å². The molecule has 0 saturated carbocycles. The minimum Gasteiger partial charge on any atom is -0.373 e. The van der Waals surface area contributed by atoms with Crippen LogP contribution in [0.1, 0.15) is 18.4 Å². The molecule has 0 radical (unpaired) electrons. The molecular weight excluding hydrogens is 254 g/mol. The molecule has 0 aliphatic carbocycles. The molecule has 0 aromatic heterocycles. The van der Waals surface area contributed by atoms with Crippen molar-refractivity contribution in [1.29, 1.82) is 0 Å². The number of fused-ring (bicyclic) bond motifs is 1. The van der Waals surface area contributed by atoms with E-state index in [4.69, 9.17) is 0 Å². The van der Waals surface area contributed by atoms with Crippen LogP contribution in [-0.4, -0.2) is 42.4 Å². The third-order valence-corrected chi connectivity index (χ3v) is 4.15. The number of likely N-dealkylation sites (N-methyl/N-ethyl adjacent to an activating group) is 1. The lowest BCUT2D eigenvalue weighted by Crippen LogP contribution is -2.49. The number of benzene rings is 1. The van der Waals surface area contributed by atoms with Gasteiger partial charge in [-0.3, -0.25) is 9.59 Å². The summed E-state index contributed by atoms with van der Waals surface area (Å²) in [6, 6.07) is 7.42. The van der Waals surface area contributed by atoms with Crippen molar-refractivity contribution in [2.45, 2.75) is 31.3 Å². The van der Waals surface area contributed by atoms with Gasteiger partial charge in [0.05, 0.1) is 0 Å². The van der Waals surface area contributed by atoms with E-state index in [1.165, 1.54) is 5.56 Å². The fourth-order valence-corrected chi connectivity index (χ4v) is 3.12. The smallest absolute Gasteiger partial charge is 0.246 e. The molecule has 106 valence electrons. The van der Waals surface area contributed by atoms with E-state index in [1.807, 2.05) is 24.3 Å². The summed E-state index contributed by atoms with van der Waals surface area (Å²) >= 11 is 0. The summed E-state index contributed by atoms with van der Waals surface area (Å²) in [4.78, 5) is 26.2. The standard InChI is InChI=1S/C15H19N3O2/c1-16-14(19)13-7-4-8-18(13)15(20)12-9-10-5-2-3-6-11(10)17-12/h2-3,5-6,12-13,17H,4,7-9H2,1H3,(H,16,19)/t12-,13?/m0/s1. The van der Waals surface area contributed by atoms with Crippen molar-refractivity contribution in [2.75, 3.05) is 18.9 Å². The number of carbonyl (C=O) groups excluding carboxylic acids is 2. The molecule has 2 amide bonds. The van der Waals surface area contributed by atoms with Crippen LogP contribution < -0.4 is 10.6 Å². The number of hydrogen-bond acceptors (Lipinski definition) is 3. The number of para-hydroxylation sites is 1. The number of rotatable bonds is 2. The minimum atomic E-state index is -0.307. The van der Waals surface area contributed by atoms with Crippen LogP contribution in [0.2, 0.25) is 0 Å². The molecule has 1 unspecified atom stereocenters. The highest BCUT2D eigenvalue weighted by Crippen LogP contribution is 2.28. The Balaban J connectivity index is 1.73. The first kappa shape index (κ1) is 13.0. The van der Waals surface area contributed by atoms with E-state index in [0.29, 0.717) is 13.0 Å². The summed E-state index contributed by atoms with van der Waals surface area (Å²) in [7, 11) is 1.62. The van der Waals surface area contributed by atoms with Gasteiger partial charge in [0.25, 0.3) is 0 Å². The van der Waals surface area contributed by atoms with Crippen LogP contribution >= 0.6 is 0 Å². The average Bonchev–Trinajstić information content (AvgIpc) is 3.11. The first-order valence-electron chi connectivity index (χ1n) is 7.07. The zero-order valence-corrected chi connectivity index (χ0v) is 11.6. The predicted octanol–water partition coefficient (Wildman–Crippen LogP) is 0.760. The highest BCUT2D eigenvalue weighted by Gasteiger charge is 2.38. The van der Waals surface area contributed by atoms with Crippen molar-refractivity contribution in [2.24, 2.45) is 0 Å². The number of hydrogen-bond donors (Lipinski definition) is 2. The van der Waals surface area contributed by atoms with Crippen LogP contribution in [-0.2, 0) is 16.0 Å². The van der Waals surface area contributed by atoms with Crippen molar-refractivity contribution in [3.63, 3.8) is 0 Å². The summed E-state index contributed by atoms with van der Waals surface area (Å²) in [5.74, 6) is -0.0290. The molecule has 1 saturated heterocycles. The zero-order chi connectivity index (χ0) is 14.1. The van der Waals surface area contributed by atoms with Crippen LogP contribution in [0.15, 0.2) is 24.3 Å². The molecule has 2 aliphatic rings. The lowest BCUT2D eigenvalue weighted by Gasteiger charge is -2.26. The van der Waals surface area contributed by atoms with E-state index >= 15 is 0 Å². The van der Waals surface area contributed by atoms with E-state index in [0.717, 1.165) is 18.5 Å². The molecule has 2 atom stereocenters. The maximum absolute atomic E-state index is 12.6. The Morgan fingerprint density at radius 2 is 2.15 bits per heavy atom. The first-order valence-corrected chi connectivity index (χ1v) is 7.07. The molecular formula is C15H19N3O2. The highest BCUT2D eigenvalue weighted by atomic mass is 16.2. The lowest BCUT2D eigenvalue weighted by molar-refractivity contribution is -0.138. The molecule has 2 heterocycles. The van der Waals surface area contributed by atoms with Gasteiger partial charge in [0.15, 0.2) is 0 Å². The van der Waals surface area contributed by atoms with Crippen LogP contribution in [0.5, 0.6) is 0 Å². The van der Waals surface area contributed by atoms with E-state index in [1.54, 1.807) is 11.9 Å². The molecule has 5 nitrogen and oxygen atoms in total. The Morgan fingerprint density at radius 1 is 1.35 bits per heavy atom. The molecule has 20 heavy (non-hydrogen) atoms. The van der Waals surface area contributed by atoms with Crippen LogP contribution in [0.3, 0.4) is 0 Å².